The van der Waals surface area contributed by atoms with Crippen LogP contribution in [-0.2, 0) is 23.9 Å². The number of hydrogen-bond acceptors (Lipinski definition) is 5. The lowest BCUT2D eigenvalue weighted by Gasteiger charge is -2.24. The van der Waals surface area contributed by atoms with Crippen molar-refractivity contribution in [3.63, 3.8) is 0 Å². The number of H-pyrrole nitrogens is 1. The summed E-state index contributed by atoms with van der Waals surface area (Å²) < 4.78 is 57.0. The van der Waals surface area contributed by atoms with Crippen LogP contribution >= 0.6 is 0 Å². The van der Waals surface area contributed by atoms with Crippen LogP contribution in [0.4, 0.5) is 23.7 Å². The monoisotopic (exact) mass is 521 g/mol. The van der Waals surface area contributed by atoms with Crippen LogP contribution in [0.3, 0.4) is 0 Å². The Bertz CT molecular complexity index is 1640. The highest BCUT2D eigenvalue weighted by Gasteiger charge is 2.61. The molecule has 0 spiro atoms. The largest absolute Gasteiger partial charge is 0.489 e. The maximum absolute atomic E-state index is 13.1. The molecule has 3 heterocycles. The molecule has 1 aliphatic carbocycles. The summed E-state index contributed by atoms with van der Waals surface area (Å²) in [5.74, 6) is 2.53. The van der Waals surface area contributed by atoms with Crippen molar-refractivity contribution < 1.29 is 32.2 Å². The number of hydrogen-bond donors (Lipinski definition) is 2. The molecule has 2 aliphatic heterocycles. The molecule has 3 atom stereocenters. The zero-order chi connectivity index (χ0) is 26.3. The Hall–Kier alpha value is -4.21. The molecular weight excluding hydrogens is 499 g/mol. The highest BCUT2D eigenvalue weighted by molar-refractivity contribution is 5.90. The van der Waals surface area contributed by atoms with Crippen molar-refractivity contribution in [2.75, 3.05) is 5.32 Å². The fraction of sp³-hybridized carbons (Fsp3) is 0.286. The van der Waals surface area contributed by atoms with E-state index >= 15 is 0 Å². The number of aryl methyl sites for hydroxylation is 1. The Morgan fingerprint density at radius 1 is 1.13 bits per heavy atom. The smallest absolute Gasteiger partial charge is 0.416 e. The molecule has 194 valence electrons. The van der Waals surface area contributed by atoms with Crippen molar-refractivity contribution in [2.45, 2.75) is 51.0 Å². The van der Waals surface area contributed by atoms with Crippen LogP contribution < -0.4 is 14.8 Å². The predicted octanol–water partition coefficient (Wildman–Crippen LogP) is 6.95. The van der Waals surface area contributed by atoms with Crippen LogP contribution in [0.5, 0.6) is 17.2 Å². The minimum absolute atomic E-state index is 0.0249. The van der Waals surface area contributed by atoms with E-state index in [1.807, 2.05) is 38.1 Å². The molecule has 4 aromatic rings. The summed E-state index contributed by atoms with van der Waals surface area (Å²) >= 11 is 0. The lowest BCUT2D eigenvalue weighted by molar-refractivity contribution is -0.137. The number of carbonyl (C=O) groups is 1. The number of fused-ring (bicyclic) bond motifs is 5. The van der Waals surface area contributed by atoms with Gasteiger partial charge in [0.05, 0.1) is 33.8 Å². The average molecular weight is 521 g/mol. The number of halogens is 3. The second kappa shape index (κ2) is 7.89. The summed E-state index contributed by atoms with van der Waals surface area (Å²) in [6.45, 7) is 4.13. The Labute approximate surface area is 214 Å². The number of amides is 1. The molecule has 1 fully saturated rings. The van der Waals surface area contributed by atoms with Crippen molar-refractivity contribution in [3.05, 3.63) is 76.1 Å². The quantitative estimate of drug-likeness (QED) is 0.304. The van der Waals surface area contributed by atoms with E-state index in [-0.39, 0.29) is 24.5 Å². The molecule has 3 aliphatic rings. The highest BCUT2D eigenvalue weighted by Crippen LogP contribution is 2.63. The molecule has 1 aromatic heterocycles. The summed E-state index contributed by atoms with van der Waals surface area (Å²) in [5, 5.41) is 2.81. The van der Waals surface area contributed by atoms with Crippen LogP contribution in [0.2, 0.25) is 0 Å². The van der Waals surface area contributed by atoms with Gasteiger partial charge in [0.2, 0.25) is 0 Å². The van der Waals surface area contributed by atoms with Crippen LogP contribution in [0.25, 0.3) is 11.0 Å². The summed E-state index contributed by atoms with van der Waals surface area (Å²) in [6.07, 6.45) is -4.27. The molecule has 3 aromatic carbocycles. The van der Waals surface area contributed by atoms with E-state index in [2.05, 4.69) is 15.3 Å². The molecular formula is C28H22F3N3O4. The maximum Gasteiger partial charge on any atom is 0.416 e. The van der Waals surface area contributed by atoms with Crippen molar-refractivity contribution in [3.8, 4) is 17.2 Å². The third kappa shape index (κ3) is 3.50. The second-order valence-corrected chi connectivity index (χ2v) is 9.87. The number of ether oxygens (including phenoxy) is 3. The number of benzene rings is 3. The number of imidazole rings is 1. The minimum atomic E-state index is -4.42. The third-order valence-corrected chi connectivity index (χ3v) is 7.58. The van der Waals surface area contributed by atoms with Crippen LogP contribution in [-0.4, -0.2) is 22.2 Å². The van der Waals surface area contributed by atoms with Crippen molar-refractivity contribution in [1.82, 2.24) is 9.97 Å². The van der Waals surface area contributed by atoms with Crippen LogP contribution in [0.15, 0.2) is 42.5 Å². The first-order chi connectivity index (χ1) is 18.2. The molecule has 7 rings (SSSR count). The minimum Gasteiger partial charge on any atom is -0.489 e. The zero-order valence-corrected chi connectivity index (χ0v) is 20.4. The summed E-state index contributed by atoms with van der Waals surface area (Å²) in [7, 11) is 0. The van der Waals surface area contributed by atoms with Gasteiger partial charge in [-0.2, -0.15) is 13.2 Å². The Morgan fingerprint density at radius 2 is 1.97 bits per heavy atom. The van der Waals surface area contributed by atoms with Gasteiger partial charge in [-0.25, -0.2) is 9.78 Å². The molecule has 38 heavy (non-hydrogen) atoms. The Kier molecular flexibility index (Phi) is 4.77. The van der Waals surface area contributed by atoms with Gasteiger partial charge in [-0.1, -0.05) is 6.92 Å². The molecule has 3 unspecified atom stereocenters. The molecule has 1 amide bonds. The topological polar surface area (TPSA) is 85.5 Å². The van der Waals surface area contributed by atoms with Gasteiger partial charge in [-0.05, 0) is 66.9 Å². The van der Waals surface area contributed by atoms with E-state index < -0.39 is 17.8 Å². The number of cyclic esters (lactones) is 1. The van der Waals surface area contributed by atoms with Gasteiger partial charge in [0.1, 0.15) is 35.8 Å². The number of anilines is 1. The van der Waals surface area contributed by atoms with Crippen molar-refractivity contribution in [2.24, 2.45) is 0 Å². The van der Waals surface area contributed by atoms with Gasteiger partial charge < -0.3 is 19.2 Å². The molecule has 0 radical (unpaired) electrons. The Morgan fingerprint density at radius 3 is 2.76 bits per heavy atom. The van der Waals surface area contributed by atoms with E-state index in [9.17, 15) is 18.0 Å². The molecule has 10 heteroatoms. The average Bonchev–Trinajstić information content (AvgIpc) is 3.22. The van der Waals surface area contributed by atoms with Gasteiger partial charge in [0, 0.05) is 11.5 Å². The fourth-order valence-corrected chi connectivity index (χ4v) is 5.71. The standard InChI is InChI=1S/C28H22F3N3O4/c1-3-15-12(2)8-21(17-11-36-27(35)34-24(15)17)37-14-5-7-20-16(10-14)22-23(25(22)38-20)26-32-18-6-4-13(28(29,30)31)9-19(18)33-26/h4-10,22-23,25H,3,11H2,1-2H3,(H,32,33)(H,34,35). The van der Waals surface area contributed by atoms with Gasteiger partial charge in [0.25, 0.3) is 0 Å². The van der Waals surface area contributed by atoms with Gasteiger partial charge in [-0.15, -0.1) is 0 Å². The van der Waals surface area contributed by atoms with Crippen LogP contribution in [0, 0.1) is 6.92 Å². The van der Waals surface area contributed by atoms with Gasteiger partial charge in [-0.3, -0.25) is 5.32 Å². The molecule has 0 bridgehead atoms. The lowest BCUT2D eigenvalue weighted by atomic mass is 9.98. The summed E-state index contributed by atoms with van der Waals surface area (Å²) in [4.78, 5) is 19.5. The number of carbonyl (C=O) groups excluding carboxylic acids is 1. The van der Waals surface area contributed by atoms with E-state index in [1.54, 1.807) is 0 Å². The molecule has 0 saturated heterocycles. The SMILES string of the molecule is CCc1c(C)cc(Oc2ccc3c(c2)C2C(O3)C2c2nc3ccc(C(F)(F)F)cc3[nH]2)c2c1NC(=O)OC2. The van der Waals surface area contributed by atoms with E-state index in [0.717, 1.165) is 52.2 Å². The zero-order valence-electron chi connectivity index (χ0n) is 20.4. The summed E-state index contributed by atoms with van der Waals surface area (Å²) in [6, 6.07) is 11.1. The van der Waals surface area contributed by atoms with Gasteiger partial charge in [0.15, 0.2) is 0 Å². The lowest BCUT2D eigenvalue weighted by Crippen LogP contribution is -2.22. The fourth-order valence-electron chi connectivity index (χ4n) is 5.71. The number of aromatic amines is 1. The van der Waals surface area contributed by atoms with Crippen molar-refractivity contribution >= 4 is 22.8 Å². The number of alkyl halides is 3. The first kappa shape index (κ1) is 22.9. The normalized spacial score (nSPS) is 21.2. The molecule has 1 saturated carbocycles. The summed E-state index contributed by atoms with van der Waals surface area (Å²) in [5.41, 5.74) is 4.66. The Balaban J connectivity index is 1.18. The molecule has 2 N–H and O–H groups in total. The maximum atomic E-state index is 13.1. The highest BCUT2D eigenvalue weighted by atomic mass is 19.4. The van der Waals surface area contributed by atoms with Crippen LogP contribution in [0.1, 0.15) is 52.4 Å². The number of nitrogens with zero attached hydrogens (tertiary/aromatic N) is 1. The van der Waals surface area contributed by atoms with E-state index in [4.69, 9.17) is 14.2 Å². The predicted molar refractivity (Wildman–Crippen MR) is 132 cm³/mol. The first-order valence-corrected chi connectivity index (χ1v) is 12.4. The second-order valence-electron chi connectivity index (χ2n) is 9.87. The van der Waals surface area contributed by atoms with Crippen molar-refractivity contribution in [1.29, 1.82) is 0 Å². The number of aromatic nitrogens is 2. The molecule has 7 nitrogen and oxygen atoms in total. The number of nitrogens with one attached hydrogen (secondary N) is 2. The first-order valence-electron chi connectivity index (χ1n) is 12.4. The van der Waals surface area contributed by atoms with E-state index in [0.29, 0.717) is 28.4 Å². The van der Waals surface area contributed by atoms with E-state index in [1.165, 1.54) is 6.07 Å². The number of rotatable bonds is 4. The third-order valence-electron chi connectivity index (χ3n) is 7.58. The van der Waals surface area contributed by atoms with Gasteiger partial charge >= 0.3 is 12.3 Å².